The SMILES string of the molecule is CC(=O)c1cccc(S(=O)(=O)NC(C)CC(C)C)c1. The fraction of sp³-hybridized carbons (Fsp3) is 0.500. The van der Waals surface area contributed by atoms with Crippen molar-refractivity contribution in [3.8, 4) is 0 Å². The third kappa shape index (κ3) is 4.76. The van der Waals surface area contributed by atoms with Gasteiger partial charge in [0.2, 0.25) is 10.0 Å². The molecule has 0 aliphatic carbocycles. The molecule has 0 fully saturated rings. The lowest BCUT2D eigenvalue weighted by Crippen LogP contribution is -2.33. The van der Waals surface area contributed by atoms with Crippen LogP contribution in [0.2, 0.25) is 0 Å². The Morgan fingerprint density at radius 1 is 1.26 bits per heavy atom. The van der Waals surface area contributed by atoms with Crippen molar-refractivity contribution in [2.45, 2.75) is 45.1 Å². The third-order valence-electron chi connectivity index (χ3n) is 2.73. The van der Waals surface area contributed by atoms with Gasteiger partial charge in [-0.1, -0.05) is 26.0 Å². The molecule has 0 aromatic heterocycles. The van der Waals surface area contributed by atoms with Gasteiger partial charge in [0.1, 0.15) is 0 Å². The maximum Gasteiger partial charge on any atom is 0.240 e. The maximum absolute atomic E-state index is 12.2. The number of hydrogen-bond acceptors (Lipinski definition) is 3. The maximum atomic E-state index is 12.2. The average molecular weight is 283 g/mol. The highest BCUT2D eigenvalue weighted by molar-refractivity contribution is 7.89. The second-order valence-electron chi connectivity index (χ2n) is 5.24. The smallest absolute Gasteiger partial charge is 0.240 e. The van der Waals surface area contributed by atoms with Gasteiger partial charge in [0.05, 0.1) is 4.90 Å². The molecule has 0 radical (unpaired) electrons. The summed E-state index contributed by atoms with van der Waals surface area (Å²) in [4.78, 5) is 11.4. The largest absolute Gasteiger partial charge is 0.295 e. The molecule has 0 saturated carbocycles. The number of ketones is 1. The van der Waals surface area contributed by atoms with Crippen LogP contribution in [-0.4, -0.2) is 20.2 Å². The van der Waals surface area contributed by atoms with E-state index in [9.17, 15) is 13.2 Å². The summed E-state index contributed by atoms with van der Waals surface area (Å²) in [6.07, 6.45) is 0.769. The Morgan fingerprint density at radius 2 is 1.89 bits per heavy atom. The molecule has 0 bridgehead atoms. The van der Waals surface area contributed by atoms with Gasteiger partial charge in [-0.2, -0.15) is 0 Å². The van der Waals surface area contributed by atoms with Crippen LogP contribution >= 0.6 is 0 Å². The van der Waals surface area contributed by atoms with E-state index in [4.69, 9.17) is 0 Å². The molecule has 1 atom stereocenters. The Hall–Kier alpha value is -1.20. The monoisotopic (exact) mass is 283 g/mol. The lowest BCUT2D eigenvalue weighted by molar-refractivity contribution is 0.101. The summed E-state index contributed by atoms with van der Waals surface area (Å²) >= 11 is 0. The van der Waals surface area contributed by atoms with Crippen LogP contribution in [0.5, 0.6) is 0 Å². The van der Waals surface area contributed by atoms with Crippen molar-refractivity contribution < 1.29 is 13.2 Å². The fourth-order valence-corrected chi connectivity index (χ4v) is 3.27. The van der Waals surface area contributed by atoms with Gasteiger partial charge in [0, 0.05) is 11.6 Å². The van der Waals surface area contributed by atoms with Gasteiger partial charge in [-0.05, 0) is 38.3 Å². The highest BCUT2D eigenvalue weighted by Gasteiger charge is 2.18. The van der Waals surface area contributed by atoms with Crippen LogP contribution in [0.4, 0.5) is 0 Å². The highest BCUT2D eigenvalue weighted by atomic mass is 32.2. The summed E-state index contributed by atoms with van der Waals surface area (Å²) in [7, 11) is -3.56. The minimum atomic E-state index is -3.56. The Labute approximate surface area is 115 Å². The topological polar surface area (TPSA) is 63.2 Å². The molecule has 0 heterocycles. The number of hydrogen-bond donors (Lipinski definition) is 1. The Balaban J connectivity index is 2.94. The molecule has 1 N–H and O–H groups in total. The lowest BCUT2D eigenvalue weighted by atomic mass is 10.1. The van der Waals surface area contributed by atoms with E-state index in [-0.39, 0.29) is 16.7 Å². The second-order valence-corrected chi connectivity index (χ2v) is 6.95. The van der Waals surface area contributed by atoms with Gasteiger partial charge in [-0.3, -0.25) is 4.79 Å². The normalized spacial score (nSPS) is 13.5. The number of carbonyl (C=O) groups is 1. The fourth-order valence-electron chi connectivity index (χ4n) is 1.97. The van der Waals surface area contributed by atoms with Gasteiger partial charge in [-0.25, -0.2) is 13.1 Å². The average Bonchev–Trinajstić information content (AvgIpc) is 2.27. The van der Waals surface area contributed by atoms with Gasteiger partial charge in [0.25, 0.3) is 0 Å². The van der Waals surface area contributed by atoms with Crippen LogP contribution < -0.4 is 4.72 Å². The van der Waals surface area contributed by atoms with Crippen LogP contribution in [-0.2, 0) is 10.0 Å². The number of benzene rings is 1. The molecular weight excluding hydrogens is 262 g/mol. The third-order valence-corrected chi connectivity index (χ3v) is 4.32. The molecule has 106 valence electrons. The van der Waals surface area contributed by atoms with Gasteiger partial charge in [0.15, 0.2) is 5.78 Å². The van der Waals surface area contributed by atoms with Crippen molar-refractivity contribution in [2.75, 3.05) is 0 Å². The number of sulfonamides is 1. The molecule has 4 nitrogen and oxygen atoms in total. The molecule has 0 aliphatic rings. The van der Waals surface area contributed by atoms with Crippen LogP contribution in [0.3, 0.4) is 0 Å². The zero-order valence-corrected chi connectivity index (χ0v) is 12.6. The molecule has 19 heavy (non-hydrogen) atoms. The standard InChI is InChI=1S/C14H21NO3S/c1-10(2)8-11(3)15-19(17,18)14-7-5-6-13(9-14)12(4)16/h5-7,9-11,15H,8H2,1-4H3. The van der Waals surface area contributed by atoms with E-state index in [0.29, 0.717) is 11.5 Å². The summed E-state index contributed by atoms with van der Waals surface area (Å²) in [5.74, 6) is 0.272. The van der Waals surface area contributed by atoms with E-state index >= 15 is 0 Å². The molecule has 0 saturated heterocycles. The minimum absolute atomic E-state index is 0.133. The van der Waals surface area contributed by atoms with E-state index in [1.165, 1.54) is 19.1 Å². The number of nitrogens with one attached hydrogen (secondary N) is 1. The van der Waals surface area contributed by atoms with Crippen LogP contribution in [0.1, 0.15) is 44.5 Å². The first-order valence-electron chi connectivity index (χ1n) is 6.35. The molecule has 1 aromatic rings. The van der Waals surface area contributed by atoms with E-state index in [2.05, 4.69) is 4.72 Å². The number of carbonyl (C=O) groups excluding carboxylic acids is 1. The summed E-state index contributed by atoms with van der Waals surface area (Å²) in [5.41, 5.74) is 0.402. The molecular formula is C14H21NO3S. The lowest BCUT2D eigenvalue weighted by Gasteiger charge is -2.16. The Morgan fingerprint density at radius 3 is 2.42 bits per heavy atom. The minimum Gasteiger partial charge on any atom is -0.295 e. The van der Waals surface area contributed by atoms with Crippen molar-refractivity contribution >= 4 is 15.8 Å². The van der Waals surface area contributed by atoms with E-state index in [1.807, 2.05) is 20.8 Å². The molecule has 0 spiro atoms. The van der Waals surface area contributed by atoms with Crippen molar-refractivity contribution in [3.05, 3.63) is 29.8 Å². The number of Topliss-reactive ketones (excluding diaryl/α,β-unsaturated/α-hetero) is 1. The quantitative estimate of drug-likeness (QED) is 0.816. The van der Waals surface area contributed by atoms with Crippen molar-refractivity contribution in [2.24, 2.45) is 5.92 Å². The highest BCUT2D eigenvalue weighted by Crippen LogP contribution is 2.14. The van der Waals surface area contributed by atoms with E-state index in [0.717, 1.165) is 6.42 Å². The first-order chi connectivity index (χ1) is 8.72. The number of rotatable bonds is 6. The first kappa shape index (κ1) is 15.9. The Kier molecular flexibility index (Phi) is 5.26. The summed E-state index contributed by atoms with van der Waals surface area (Å²) in [5, 5.41) is 0. The zero-order chi connectivity index (χ0) is 14.6. The van der Waals surface area contributed by atoms with E-state index in [1.54, 1.807) is 12.1 Å². The van der Waals surface area contributed by atoms with Gasteiger partial charge in [-0.15, -0.1) is 0 Å². The van der Waals surface area contributed by atoms with Crippen molar-refractivity contribution in [1.29, 1.82) is 0 Å². The Bertz CT molecular complexity index is 550. The predicted octanol–water partition coefficient (Wildman–Crippen LogP) is 2.60. The van der Waals surface area contributed by atoms with Crippen molar-refractivity contribution in [1.82, 2.24) is 4.72 Å². The van der Waals surface area contributed by atoms with Gasteiger partial charge >= 0.3 is 0 Å². The zero-order valence-electron chi connectivity index (χ0n) is 11.8. The molecule has 5 heteroatoms. The second kappa shape index (κ2) is 6.30. The molecule has 1 aromatic carbocycles. The summed E-state index contributed by atoms with van der Waals surface area (Å²) in [6, 6.07) is 5.96. The molecule has 0 amide bonds. The van der Waals surface area contributed by atoms with Crippen molar-refractivity contribution in [3.63, 3.8) is 0 Å². The summed E-state index contributed by atoms with van der Waals surface area (Å²) < 4.78 is 27.0. The molecule has 0 aliphatic heterocycles. The van der Waals surface area contributed by atoms with Gasteiger partial charge < -0.3 is 0 Å². The van der Waals surface area contributed by atoms with Crippen LogP contribution in [0.25, 0.3) is 0 Å². The van der Waals surface area contributed by atoms with Crippen LogP contribution in [0.15, 0.2) is 29.2 Å². The molecule has 1 unspecified atom stereocenters. The van der Waals surface area contributed by atoms with Crippen LogP contribution in [0, 0.1) is 5.92 Å². The first-order valence-corrected chi connectivity index (χ1v) is 7.84. The predicted molar refractivity (Wildman–Crippen MR) is 75.7 cm³/mol. The molecule has 1 rings (SSSR count). The summed E-state index contributed by atoms with van der Waals surface area (Å²) in [6.45, 7) is 7.34. The van der Waals surface area contributed by atoms with E-state index < -0.39 is 10.0 Å².